The van der Waals surface area contributed by atoms with Crippen LogP contribution in [0.3, 0.4) is 0 Å². The summed E-state index contributed by atoms with van der Waals surface area (Å²) < 4.78 is 27.4. The molecule has 0 N–H and O–H groups in total. The molecular weight excluding hydrogens is 336 g/mol. The number of benzene rings is 1. The fraction of sp³-hybridized carbons (Fsp3) is 0.632. The SMILES string of the molecule is CC(C)CN(C)C(=O)c1cccc(S(=O)(=O)N(C)C2CCCCC2)c1. The lowest BCUT2D eigenvalue weighted by atomic mass is 9.96. The molecular formula is C19H30N2O3S. The highest BCUT2D eigenvalue weighted by molar-refractivity contribution is 7.89. The second-order valence-corrected chi connectivity index (χ2v) is 9.42. The Bertz CT molecular complexity index is 694. The van der Waals surface area contributed by atoms with Gasteiger partial charge in [-0.1, -0.05) is 39.2 Å². The molecule has 1 aliphatic rings. The minimum absolute atomic E-state index is 0.0572. The van der Waals surface area contributed by atoms with Crippen molar-refractivity contribution in [1.29, 1.82) is 0 Å². The number of hydrogen-bond acceptors (Lipinski definition) is 3. The Labute approximate surface area is 152 Å². The van der Waals surface area contributed by atoms with E-state index in [-0.39, 0.29) is 16.8 Å². The quantitative estimate of drug-likeness (QED) is 0.776. The molecule has 5 nitrogen and oxygen atoms in total. The van der Waals surface area contributed by atoms with Gasteiger partial charge in [0.1, 0.15) is 0 Å². The van der Waals surface area contributed by atoms with E-state index in [0.717, 1.165) is 25.7 Å². The zero-order chi connectivity index (χ0) is 18.6. The van der Waals surface area contributed by atoms with Crippen LogP contribution in [0.1, 0.15) is 56.3 Å². The Morgan fingerprint density at radius 2 is 1.80 bits per heavy atom. The topological polar surface area (TPSA) is 57.7 Å². The largest absolute Gasteiger partial charge is 0.341 e. The molecule has 1 amide bonds. The van der Waals surface area contributed by atoms with Crippen molar-refractivity contribution < 1.29 is 13.2 Å². The molecule has 0 saturated heterocycles. The molecule has 6 heteroatoms. The lowest BCUT2D eigenvalue weighted by Gasteiger charge is -2.30. The molecule has 0 atom stereocenters. The van der Waals surface area contributed by atoms with Crippen LogP contribution in [0.15, 0.2) is 29.2 Å². The smallest absolute Gasteiger partial charge is 0.253 e. The Kier molecular flexibility index (Phi) is 6.63. The van der Waals surface area contributed by atoms with Crippen LogP contribution in [-0.2, 0) is 10.0 Å². The van der Waals surface area contributed by atoms with Crippen LogP contribution in [-0.4, -0.2) is 50.2 Å². The van der Waals surface area contributed by atoms with Gasteiger partial charge in [0, 0.05) is 32.2 Å². The highest BCUT2D eigenvalue weighted by Crippen LogP contribution is 2.26. The Morgan fingerprint density at radius 1 is 1.16 bits per heavy atom. The standard InChI is InChI=1S/C19H30N2O3S/c1-15(2)14-20(3)19(22)16-9-8-12-18(13-16)25(23,24)21(4)17-10-6-5-7-11-17/h8-9,12-13,15,17H,5-7,10-11,14H2,1-4H3. The van der Waals surface area contributed by atoms with Crippen molar-refractivity contribution in [2.24, 2.45) is 5.92 Å². The van der Waals surface area contributed by atoms with E-state index in [0.29, 0.717) is 18.0 Å². The van der Waals surface area contributed by atoms with Crippen molar-refractivity contribution >= 4 is 15.9 Å². The molecule has 1 fully saturated rings. The van der Waals surface area contributed by atoms with Gasteiger partial charge in [-0.3, -0.25) is 4.79 Å². The summed E-state index contributed by atoms with van der Waals surface area (Å²) >= 11 is 0. The molecule has 0 aromatic heterocycles. The van der Waals surface area contributed by atoms with Gasteiger partial charge in [-0.15, -0.1) is 0 Å². The first-order valence-electron chi connectivity index (χ1n) is 9.07. The van der Waals surface area contributed by atoms with Gasteiger partial charge in [0.15, 0.2) is 0 Å². The predicted molar refractivity (Wildman–Crippen MR) is 100 cm³/mol. The van der Waals surface area contributed by atoms with Crippen LogP contribution < -0.4 is 0 Å². The molecule has 0 unspecified atom stereocenters. The summed E-state index contributed by atoms with van der Waals surface area (Å²) in [6, 6.07) is 6.47. The van der Waals surface area contributed by atoms with Crippen LogP contribution in [0.5, 0.6) is 0 Å². The third kappa shape index (κ3) is 4.82. The molecule has 1 aliphatic carbocycles. The maximum absolute atomic E-state index is 13.0. The van der Waals surface area contributed by atoms with E-state index in [4.69, 9.17) is 0 Å². The molecule has 1 saturated carbocycles. The summed E-state index contributed by atoms with van der Waals surface area (Å²) in [5.41, 5.74) is 0.418. The number of amides is 1. The van der Waals surface area contributed by atoms with Crippen molar-refractivity contribution in [2.75, 3.05) is 20.6 Å². The minimum Gasteiger partial charge on any atom is -0.341 e. The molecule has 0 spiro atoms. The number of rotatable bonds is 6. The first kappa shape index (κ1) is 19.9. The molecule has 0 radical (unpaired) electrons. The highest BCUT2D eigenvalue weighted by atomic mass is 32.2. The van der Waals surface area contributed by atoms with Crippen molar-refractivity contribution in [3.63, 3.8) is 0 Å². The Hall–Kier alpha value is -1.40. The summed E-state index contributed by atoms with van der Waals surface area (Å²) in [6.07, 6.45) is 5.14. The molecule has 1 aromatic carbocycles. The second kappa shape index (κ2) is 8.32. The molecule has 2 rings (SSSR count). The van der Waals surface area contributed by atoms with E-state index in [1.165, 1.54) is 16.8 Å². The monoisotopic (exact) mass is 366 g/mol. The summed E-state index contributed by atoms with van der Waals surface area (Å²) in [4.78, 5) is 14.4. The summed E-state index contributed by atoms with van der Waals surface area (Å²) in [5.74, 6) is 0.212. The highest BCUT2D eigenvalue weighted by Gasteiger charge is 2.29. The molecule has 1 aromatic rings. The maximum atomic E-state index is 13.0. The fourth-order valence-corrected chi connectivity index (χ4v) is 4.91. The van der Waals surface area contributed by atoms with Crippen LogP contribution >= 0.6 is 0 Å². The van der Waals surface area contributed by atoms with Gasteiger partial charge in [-0.2, -0.15) is 4.31 Å². The van der Waals surface area contributed by atoms with E-state index >= 15 is 0 Å². The van der Waals surface area contributed by atoms with Crippen LogP contribution in [0.4, 0.5) is 0 Å². The zero-order valence-corrected chi connectivity index (χ0v) is 16.6. The predicted octanol–water partition coefficient (Wildman–Crippen LogP) is 3.37. The van der Waals surface area contributed by atoms with Crippen LogP contribution in [0, 0.1) is 5.92 Å². The molecule has 25 heavy (non-hydrogen) atoms. The van der Waals surface area contributed by atoms with Crippen molar-refractivity contribution in [1.82, 2.24) is 9.21 Å². The van der Waals surface area contributed by atoms with Crippen LogP contribution in [0.2, 0.25) is 0 Å². The van der Waals surface area contributed by atoms with Crippen molar-refractivity contribution in [2.45, 2.75) is 56.9 Å². The van der Waals surface area contributed by atoms with E-state index in [9.17, 15) is 13.2 Å². The number of carbonyl (C=O) groups is 1. The zero-order valence-electron chi connectivity index (χ0n) is 15.7. The van der Waals surface area contributed by atoms with Crippen molar-refractivity contribution in [3.8, 4) is 0 Å². The first-order valence-corrected chi connectivity index (χ1v) is 10.5. The van der Waals surface area contributed by atoms with Gasteiger partial charge in [-0.05, 0) is 37.0 Å². The van der Waals surface area contributed by atoms with E-state index in [2.05, 4.69) is 0 Å². The summed E-state index contributed by atoms with van der Waals surface area (Å²) in [7, 11) is -0.176. The molecule has 0 heterocycles. The number of hydrogen-bond donors (Lipinski definition) is 0. The normalized spacial score (nSPS) is 16.4. The lowest BCUT2D eigenvalue weighted by molar-refractivity contribution is 0.0779. The number of carbonyl (C=O) groups excluding carboxylic acids is 1. The maximum Gasteiger partial charge on any atom is 0.253 e. The first-order chi connectivity index (χ1) is 11.7. The number of nitrogens with zero attached hydrogens (tertiary/aromatic N) is 2. The Morgan fingerprint density at radius 3 is 2.40 bits per heavy atom. The van der Waals surface area contributed by atoms with Crippen molar-refractivity contribution in [3.05, 3.63) is 29.8 Å². The van der Waals surface area contributed by atoms with E-state index < -0.39 is 10.0 Å². The summed E-state index contributed by atoms with van der Waals surface area (Å²) in [6.45, 7) is 4.73. The van der Waals surface area contributed by atoms with Gasteiger partial charge in [0.05, 0.1) is 4.90 Å². The molecule has 0 bridgehead atoms. The average molecular weight is 367 g/mol. The Balaban J connectivity index is 2.23. The molecule has 140 valence electrons. The van der Waals surface area contributed by atoms with E-state index in [1.54, 1.807) is 37.2 Å². The van der Waals surface area contributed by atoms with Gasteiger partial charge in [0.25, 0.3) is 5.91 Å². The van der Waals surface area contributed by atoms with Gasteiger partial charge in [0.2, 0.25) is 10.0 Å². The third-order valence-corrected chi connectivity index (χ3v) is 6.74. The third-order valence-electron chi connectivity index (χ3n) is 4.83. The number of sulfonamides is 1. The van der Waals surface area contributed by atoms with Gasteiger partial charge in [-0.25, -0.2) is 8.42 Å². The summed E-state index contributed by atoms with van der Waals surface area (Å²) in [5, 5.41) is 0. The van der Waals surface area contributed by atoms with E-state index in [1.807, 2.05) is 13.8 Å². The van der Waals surface area contributed by atoms with Crippen LogP contribution in [0.25, 0.3) is 0 Å². The lowest BCUT2D eigenvalue weighted by Crippen LogP contribution is -2.38. The fourth-order valence-electron chi connectivity index (χ4n) is 3.45. The van der Waals surface area contributed by atoms with Gasteiger partial charge < -0.3 is 4.90 Å². The molecule has 0 aliphatic heterocycles. The minimum atomic E-state index is -3.58. The average Bonchev–Trinajstić information content (AvgIpc) is 2.60. The second-order valence-electron chi connectivity index (χ2n) is 7.42. The van der Waals surface area contributed by atoms with Gasteiger partial charge >= 0.3 is 0 Å².